The van der Waals surface area contributed by atoms with Gasteiger partial charge in [-0.25, -0.2) is 4.79 Å². The third kappa shape index (κ3) is 7.22. The summed E-state index contributed by atoms with van der Waals surface area (Å²) in [4.78, 5) is 63.6. The smallest absolute Gasteiger partial charge is 0.316 e. The fraction of sp³-hybridized carbons (Fsp3) is 0.621. The Kier molecular flexibility index (Phi) is 10.9. The third-order valence-corrected chi connectivity index (χ3v) is 7.67. The molecule has 1 heterocycles. The Labute approximate surface area is 234 Å². The minimum Gasteiger partial charge on any atom is -0.344 e. The molecular formula is C29H42F2N4O5. The van der Waals surface area contributed by atoms with E-state index in [4.69, 9.17) is 0 Å². The number of hydrogen-bond acceptors (Lipinski definition) is 5. The van der Waals surface area contributed by atoms with Gasteiger partial charge in [-0.3, -0.25) is 19.2 Å². The number of likely N-dealkylation sites (tertiary alicyclic amines) is 1. The van der Waals surface area contributed by atoms with Crippen molar-refractivity contribution in [1.82, 2.24) is 20.9 Å². The highest BCUT2D eigenvalue weighted by atomic mass is 19.3. The van der Waals surface area contributed by atoms with Crippen LogP contribution in [0.2, 0.25) is 0 Å². The summed E-state index contributed by atoms with van der Waals surface area (Å²) in [6.07, 6.45) is 6.25. The van der Waals surface area contributed by atoms with Gasteiger partial charge in [0.1, 0.15) is 17.6 Å². The van der Waals surface area contributed by atoms with Gasteiger partial charge in [-0.05, 0) is 38.0 Å². The normalized spacial score (nSPS) is 21.0. The summed E-state index contributed by atoms with van der Waals surface area (Å²) >= 11 is 0. The molecule has 3 N–H and O–H groups in total. The van der Waals surface area contributed by atoms with Crippen LogP contribution in [0.1, 0.15) is 72.6 Å². The van der Waals surface area contributed by atoms with Crippen molar-refractivity contribution >= 4 is 29.9 Å². The maximum atomic E-state index is 15.9. The highest BCUT2D eigenvalue weighted by Gasteiger charge is 2.56. The quantitative estimate of drug-likeness (QED) is 0.201. The average Bonchev–Trinajstić information content (AvgIpc) is 3.39. The number of nitrogens with zero attached hydrogens (tertiary/aromatic N) is 1. The molecule has 1 aliphatic heterocycles. The molecule has 0 aromatic carbocycles. The number of alkyl halides is 2. The molecule has 1 aliphatic carbocycles. The highest BCUT2D eigenvalue weighted by molar-refractivity contribution is 6.27. The van der Waals surface area contributed by atoms with Crippen LogP contribution >= 0.6 is 0 Å². The van der Waals surface area contributed by atoms with Crippen molar-refractivity contribution in [1.29, 1.82) is 0 Å². The number of nitrogens with one attached hydrogen (secondary N) is 3. The van der Waals surface area contributed by atoms with E-state index in [-0.39, 0.29) is 31.2 Å². The van der Waals surface area contributed by atoms with Crippen molar-refractivity contribution < 1.29 is 32.8 Å². The Morgan fingerprint density at radius 3 is 2.17 bits per heavy atom. The molecule has 11 heteroatoms. The van der Waals surface area contributed by atoms with E-state index in [1.165, 1.54) is 24.0 Å². The molecule has 9 nitrogen and oxygen atoms in total. The SMILES string of the molecule is C=C/C=C(\C=C)C(F)(F)C1(NC(=O)NC(C(=O)N2CCCC2C(=O)NC(C)C(=O)C=O)C(C)(C)C)CCCCC1. The minimum atomic E-state index is -3.45. The fourth-order valence-electron chi connectivity index (χ4n) is 5.36. The van der Waals surface area contributed by atoms with Gasteiger partial charge < -0.3 is 20.9 Å². The van der Waals surface area contributed by atoms with Crippen LogP contribution < -0.4 is 16.0 Å². The summed E-state index contributed by atoms with van der Waals surface area (Å²) in [5.74, 6) is -5.38. The second-order valence-corrected chi connectivity index (χ2v) is 11.6. The van der Waals surface area contributed by atoms with Gasteiger partial charge in [0.15, 0.2) is 6.29 Å². The van der Waals surface area contributed by atoms with E-state index >= 15 is 8.78 Å². The van der Waals surface area contributed by atoms with E-state index in [2.05, 4.69) is 29.1 Å². The van der Waals surface area contributed by atoms with Crippen LogP contribution in [0.4, 0.5) is 13.6 Å². The van der Waals surface area contributed by atoms with Crippen molar-refractivity contribution in [3.05, 3.63) is 37.0 Å². The van der Waals surface area contributed by atoms with E-state index in [9.17, 15) is 24.0 Å². The molecule has 3 unspecified atom stereocenters. The summed E-state index contributed by atoms with van der Waals surface area (Å²) in [7, 11) is 0. The Balaban J connectivity index is 2.30. The number of carbonyl (C=O) groups is 5. The number of ketones is 1. The first-order valence-corrected chi connectivity index (χ1v) is 13.7. The minimum absolute atomic E-state index is 0.0376. The summed E-state index contributed by atoms with van der Waals surface area (Å²) in [6.45, 7) is 13.8. The Morgan fingerprint density at radius 2 is 1.65 bits per heavy atom. The second kappa shape index (κ2) is 13.3. The molecule has 0 aromatic rings. The number of hydrogen-bond donors (Lipinski definition) is 3. The zero-order valence-electron chi connectivity index (χ0n) is 23.9. The highest BCUT2D eigenvalue weighted by Crippen LogP contribution is 2.45. The van der Waals surface area contributed by atoms with Crippen LogP contribution in [0.5, 0.6) is 0 Å². The van der Waals surface area contributed by atoms with Crippen molar-refractivity contribution in [2.45, 2.75) is 102 Å². The molecule has 0 aromatic heterocycles. The third-order valence-electron chi connectivity index (χ3n) is 7.67. The molecule has 222 valence electrons. The molecule has 2 fully saturated rings. The topological polar surface area (TPSA) is 125 Å². The van der Waals surface area contributed by atoms with Crippen molar-refractivity contribution in [3.8, 4) is 0 Å². The molecule has 2 rings (SSSR count). The van der Waals surface area contributed by atoms with Crippen molar-refractivity contribution in [2.75, 3.05) is 6.54 Å². The van der Waals surface area contributed by atoms with E-state index in [0.29, 0.717) is 25.7 Å². The van der Waals surface area contributed by atoms with Gasteiger partial charge in [0.2, 0.25) is 17.6 Å². The van der Waals surface area contributed by atoms with Crippen LogP contribution in [0.15, 0.2) is 37.0 Å². The van der Waals surface area contributed by atoms with E-state index in [1.54, 1.807) is 20.8 Å². The first-order chi connectivity index (χ1) is 18.6. The first-order valence-electron chi connectivity index (χ1n) is 13.7. The summed E-state index contributed by atoms with van der Waals surface area (Å²) in [5.41, 5.74) is -3.08. The standard InChI is InChI=1S/C29H42F2N4O5/c1-7-13-20(8-2)29(30,31)28(15-10-9-11-16-28)34-26(40)33-23(27(4,5)6)25(39)35-17-12-14-21(35)24(38)32-19(3)22(37)18-36/h7-8,13,18-19,21,23H,1-2,9-12,14-17H2,3-6H3,(H,32,38)(H2,33,34,40)/b20-13+. The predicted octanol–water partition coefficient (Wildman–Crippen LogP) is 3.60. The molecule has 0 radical (unpaired) electrons. The zero-order chi connectivity index (χ0) is 30.3. The number of amides is 4. The van der Waals surface area contributed by atoms with Gasteiger partial charge in [-0.1, -0.05) is 71.4 Å². The molecular weight excluding hydrogens is 522 g/mol. The Hall–Kier alpha value is -3.37. The molecule has 2 aliphatic rings. The lowest BCUT2D eigenvalue weighted by Crippen LogP contribution is -2.66. The van der Waals surface area contributed by atoms with Crippen LogP contribution in [0, 0.1) is 5.41 Å². The van der Waals surface area contributed by atoms with E-state index in [0.717, 1.165) is 12.5 Å². The number of Topliss-reactive ketones (excluding diaryl/α,β-unsaturated/α-hetero) is 1. The first kappa shape index (κ1) is 32.8. The van der Waals surface area contributed by atoms with Crippen molar-refractivity contribution in [2.24, 2.45) is 5.41 Å². The summed E-state index contributed by atoms with van der Waals surface area (Å²) in [6, 6.07) is -4.01. The molecule has 1 saturated heterocycles. The molecule has 0 spiro atoms. The lowest BCUT2D eigenvalue weighted by Gasteiger charge is -2.45. The summed E-state index contributed by atoms with van der Waals surface area (Å²) < 4.78 is 31.8. The maximum absolute atomic E-state index is 15.9. The van der Waals surface area contributed by atoms with Gasteiger partial charge in [0.05, 0.1) is 6.04 Å². The number of rotatable bonds is 11. The molecule has 4 amide bonds. The lowest BCUT2D eigenvalue weighted by molar-refractivity contribution is -0.142. The molecule has 1 saturated carbocycles. The average molecular weight is 565 g/mol. The van der Waals surface area contributed by atoms with E-state index < -0.39 is 58.6 Å². The lowest BCUT2D eigenvalue weighted by atomic mass is 9.74. The zero-order valence-corrected chi connectivity index (χ0v) is 23.9. The fourth-order valence-corrected chi connectivity index (χ4v) is 5.36. The van der Waals surface area contributed by atoms with Gasteiger partial charge in [-0.2, -0.15) is 8.78 Å². The van der Waals surface area contributed by atoms with Gasteiger partial charge >= 0.3 is 6.03 Å². The van der Waals surface area contributed by atoms with Gasteiger partial charge in [-0.15, -0.1) is 0 Å². The Bertz CT molecular complexity index is 1040. The number of aldehydes is 1. The van der Waals surface area contributed by atoms with Gasteiger partial charge in [0.25, 0.3) is 5.92 Å². The number of allylic oxidation sites excluding steroid dienone is 3. The van der Waals surface area contributed by atoms with Gasteiger partial charge in [0, 0.05) is 12.1 Å². The largest absolute Gasteiger partial charge is 0.344 e. The molecule has 0 bridgehead atoms. The number of halogens is 2. The summed E-state index contributed by atoms with van der Waals surface area (Å²) in [5, 5.41) is 7.61. The van der Waals surface area contributed by atoms with E-state index in [1.807, 2.05) is 0 Å². The van der Waals surface area contributed by atoms with Crippen LogP contribution in [0.25, 0.3) is 0 Å². The second-order valence-electron chi connectivity index (χ2n) is 11.6. The monoisotopic (exact) mass is 564 g/mol. The van der Waals surface area contributed by atoms with Crippen molar-refractivity contribution in [3.63, 3.8) is 0 Å². The maximum Gasteiger partial charge on any atom is 0.316 e. The molecule has 3 atom stereocenters. The van der Waals surface area contributed by atoms with Crippen LogP contribution in [-0.2, 0) is 19.2 Å². The number of carbonyl (C=O) groups excluding carboxylic acids is 5. The predicted molar refractivity (Wildman–Crippen MR) is 148 cm³/mol. The Morgan fingerprint density at radius 1 is 1.02 bits per heavy atom. The number of urea groups is 1. The molecule has 40 heavy (non-hydrogen) atoms. The van der Waals surface area contributed by atoms with Crippen LogP contribution in [0.3, 0.4) is 0 Å². The van der Waals surface area contributed by atoms with Crippen LogP contribution in [-0.4, -0.2) is 70.9 Å².